The second-order valence-corrected chi connectivity index (χ2v) is 6.66. The Morgan fingerprint density at radius 1 is 1.05 bits per heavy atom. The molecule has 0 aliphatic heterocycles. The van der Waals surface area contributed by atoms with Gasteiger partial charge in [0.1, 0.15) is 0 Å². The van der Waals surface area contributed by atoms with Gasteiger partial charge in [0.05, 0.1) is 4.90 Å². The van der Waals surface area contributed by atoms with Gasteiger partial charge >= 0.3 is 0 Å². The Morgan fingerprint density at radius 2 is 1.67 bits per heavy atom. The Kier molecular flexibility index (Phi) is 4.76. The van der Waals surface area contributed by atoms with Crippen molar-refractivity contribution >= 4 is 15.4 Å². The van der Waals surface area contributed by atoms with Gasteiger partial charge in [0.15, 0.2) is 9.84 Å². The van der Waals surface area contributed by atoms with E-state index >= 15 is 0 Å². The van der Waals surface area contributed by atoms with Crippen molar-refractivity contribution in [3.8, 4) is 0 Å². The molecule has 0 unspecified atom stereocenters. The molecule has 0 bridgehead atoms. The average molecular weight is 298 g/mol. The van der Waals surface area contributed by atoms with Crippen molar-refractivity contribution in [1.82, 2.24) is 0 Å². The smallest absolute Gasteiger partial charge is 0.200 e. The SMILES string of the molecule is C=CC/C(=C/S(=O)(=O)c1ccc(C)cc1)c1ccccc1. The van der Waals surface area contributed by atoms with E-state index in [2.05, 4.69) is 6.58 Å². The minimum atomic E-state index is -3.46. The molecule has 3 heteroatoms. The zero-order chi connectivity index (χ0) is 15.3. The summed E-state index contributed by atoms with van der Waals surface area (Å²) in [6, 6.07) is 16.4. The highest BCUT2D eigenvalue weighted by atomic mass is 32.2. The zero-order valence-corrected chi connectivity index (χ0v) is 12.8. The maximum absolute atomic E-state index is 12.5. The molecular formula is C18H18O2S. The van der Waals surface area contributed by atoms with Crippen LogP contribution in [-0.4, -0.2) is 8.42 Å². The molecule has 0 heterocycles. The molecule has 0 saturated carbocycles. The lowest BCUT2D eigenvalue weighted by atomic mass is 10.1. The highest BCUT2D eigenvalue weighted by molar-refractivity contribution is 7.94. The first kappa shape index (κ1) is 15.3. The van der Waals surface area contributed by atoms with Gasteiger partial charge in [-0.05, 0) is 36.6 Å². The highest BCUT2D eigenvalue weighted by Gasteiger charge is 2.13. The van der Waals surface area contributed by atoms with Crippen molar-refractivity contribution in [2.24, 2.45) is 0 Å². The summed E-state index contributed by atoms with van der Waals surface area (Å²) < 4.78 is 25.0. The van der Waals surface area contributed by atoms with Gasteiger partial charge in [0.2, 0.25) is 0 Å². The zero-order valence-electron chi connectivity index (χ0n) is 12.0. The maximum atomic E-state index is 12.5. The molecule has 2 nitrogen and oxygen atoms in total. The third-order valence-electron chi connectivity index (χ3n) is 3.16. The predicted octanol–water partition coefficient (Wildman–Crippen LogP) is 4.39. The molecule has 0 spiro atoms. The fraction of sp³-hybridized carbons (Fsp3) is 0.111. The van der Waals surface area contributed by atoms with E-state index in [4.69, 9.17) is 0 Å². The van der Waals surface area contributed by atoms with Gasteiger partial charge in [-0.2, -0.15) is 0 Å². The summed E-state index contributed by atoms with van der Waals surface area (Å²) in [7, 11) is -3.46. The molecule has 0 fully saturated rings. The molecule has 0 aliphatic carbocycles. The van der Waals surface area contributed by atoms with Gasteiger partial charge in [-0.15, -0.1) is 6.58 Å². The summed E-state index contributed by atoms with van der Waals surface area (Å²) in [6.07, 6.45) is 2.22. The van der Waals surface area contributed by atoms with Crippen LogP contribution in [0.15, 0.2) is 77.6 Å². The highest BCUT2D eigenvalue weighted by Crippen LogP contribution is 2.23. The molecule has 2 rings (SSSR count). The van der Waals surface area contributed by atoms with Crippen LogP contribution in [0.5, 0.6) is 0 Å². The lowest BCUT2D eigenvalue weighted by Crippen LogP contribution is -1.98. The van der Waals surface area contributed by atoms with Gasteiger partial charge < -0.3 is 0 Å². The van der Waals surface area contributed by atoms with Crippen molar-refractivity contribution in [2.75, 3.05) is 0 Å². The maximum Gasteiger partial charge on any atom is 0.200 e. The lowest BCUT2D eigenvalue weighted by molar-refractivity contribution is 0.604. The standard InChI is InChI=1S/C18H18O2S/c1-3-7-17(16-8-5-4-6-9-16)14-21(19,20)18-12-10-15(2)11-13-18/h3-6,8-14H,1,7H2,2H3/b17-14-. The quantitative estimate of drug-likeness (QED) is 0.767. The Balaban J connectivity index is 2.46. The van der Waals surface area contributed by atoms with Gasteiger partial charge in [0.25, 0.3) is 0 Å². The summed E-state index contributed by atoms with van der Waals surface area (Å²) in [4.78, 5) is 0.311. The number of hydrogen-bond donors (Lipinski definition) is 0. The second-order valence-electron chi connectivity index (χ2n) is 4.86. The predicted molar refractivity (Wildman–Crippen MR) is 87.6 cm³/mol. The van der Waals surface area contributed by atoms with Gasteiger partial charge in [-0.3, -0.25) is 0 Å². The summed E-state index contributed by atoms with van der Waals surface area (Å²) in [5.41, 5.74) is 2.67. The fourth-order valence-corrected chi connectivity index (χ4v) is 3.28. The molecule has 0 radical (unpaired) electrons. The Bertz CT molecular complexity index is 740. The molecule has 0 N–H and O–H groups in total. The van der Waals surface area contributed by atoms with Crippen LogP contribution in [-0.2, 0) is 9.84 Å². The molecule has 0 aromatic heterocycles. The fourth-order valence-electron chi connectivity index (χ4n) is 2.03. The van der Waals surface area contributed by atoms with E-state index in [0.29, 0.717) is 11.3 Å². The van der Waals surface area contributed by atoms with E-state index in [1.807, 2.05) is 37.3 Å². The van der Waals surface area contributed by atoms with E-state index in [-0.39, 0.29) is 0 Å². The van der Waals surface area contributed by atoms with Crippen LogP contribution in [0.3, 0.4) is 0 Å². The number of sulfone groups is 1. The Morgan fingerprint density at radius 3 is 2.24 bits per heavy atom. The minimum Gasteiger partial charge on any atom is -0.219 e. The topological polar surface area (TPSA) is 34.1 Å². The third kappa shape index (κ3) is 3.92. The molecule has 0 aliphatic rings. The van der Waals surface area contributed by atoms with Crippen molar-refractivity contribution in [3.63, 3.8) is 0 Å². The van der Waals surface area contributed by atoms with E-state index in [1.165, 1.54) is 5.41 Å². The van der Waals surface area contributed by atoms with Crippen LogP contribution >= 0.6 is 0 Å². The molecule has 2 aromatic rings. The first-order valence-electron chi connectivity index (χ1n) is 6.71. The number of benzene rings is 2. The molecule has 0 saturated heterocycles. The van der Waals surface area contributed by atoms with E-state index in [1.54, 1.807) is 30.3 Å². The summed E-state index contributed by atoms with van der Waals surface area (Å²) in [5, 5.41) is 1.34. The van der Waals surface area contributed by atoms with Crippen LogP contribution in [0.1, 0.15) is 17.5 Å². The van der Waals surface area contributed by atoms with E-state index in [0.717, 1.165) is 16.7 Å². The van der Waals surface area contributed by atoms with E-state index in [9.17, 15) is 8.42 Å². The summed E-state index contributed by atoms with van der Waals surface area (Å²) in [5.74, 6) is 0. The van der Waals surface area contributed by atoms with Crippen molar-refractivity contribution in [1.29, 1.82) is 0 Å². The van der Waals surface area contributed by atoms with Crippen molar-refractivity contribution in [3.05, 3.63) is 83.8 Å². The monoisotopic (exact) mass is 298 g/mol. The summed E-state index contributed by atoms with van der Waals surface area (Å²) >= 11 is 0. The van der Waals surface area contributed by atoms with Crippen LogP contribution < -0.4 is 0 Å². The van der Waals surface area contributed by atoms with Crippen LogP contribution in [0.25, 0.3) is 5.57 Å². The first-order chi connectivity index (χ1) is 10.0. The van der Waals surface area contributed by atoms with Crippen molar-refractivity contribution < 1.29 is 8.42 Å². The lowest BCUT2D eigenvalue weighted by Gasteiger charge is -2.06. The van der Waals surface area contributed by atoms with Gasteiger partial charge in [-0.25, -0.2) is 8.42 Å². The number of rotatable bonds is 5. The largest absolute Gasteiger partial charge is 0.219 e. The molecule has 2 aromatic carbocycles. The Labute approximate surface area is 126 Å². The minimum absolute atomic E-state index is 0.311. The normalized spacial score (nSPS) is 12.1. The van der Waals surface area contributed by atoms with Crippen LogP contribution in [0, 0.1) is 6.92 Å². The molecule has 0 atom stereocenters. The van der Waals surface area contributed by atoms with Gasteiger partial charge in [-0.1, -0.05) is 54.1 Å². The molecule has 21 heavy (non-hydrogen) atoms. The van der Waals surface area contributed by atoms with E-state index < -0.39 is 9.84 Å². The Hall–Kier alpha value is -2.13. The second kappa shape index (κ2) is 6.55. The average Bonchev–Trinajstić information content (AvgIpc) is 2.48. The summed E-state index contributed by atoms with van der Waals surface area (Å²) in [6.45, 7) is 5.63. The number of aryl methyl sites for hydroxylation is 1. The first-order valence-corrected chi connectivity index (χ1v) is 8.26. The molecule has 108 valence electrons. The number of hydrogen-bond acceptors (Lipinski definition) is 2. The van der Waals surface area contributed by atoms with Crippen LogP contribution in [0.4, 0.5) is 0 Å². The van der Waals surface area contributed by atoms with Crippen molar-refractivity contribution in [2.45, 2.75) is 18.2 Å². The van der Waals surface area contributed by atoms with Gasteiger partial charge in [0, 0.05) is 5.41 Å². The van der Waals surface area contributed by atoms with Crippen LogP contribution in [0.2, 0.25) is 0 Å². The third-order valence-corrected chi connectivity index (χ3v) is 4.68. The number of allylic oxidation sites excluding steroid dienone is 2. The molecular weight excluding hydrogens is 280 g/mol. The molecule has 0 amide bonds.